The van der Waals surface area contributed by atoms with Crippen LogP contribution in [0.3, 0.4) is 0 Å². The van der Waals surface area contributed by atoms with Gasteiger partial charge in [-0.2, -0.15) is 0 Å². The van der Waals surface area contributed by atoms with Crippen LogP contribution in [0, 0.1) is 0 Å². The molecule has 0 aliphatic carbocycles. The Bertz CT molecular complexity index is 471. The van der Waals surface area contributed by atoms with Gasteiger partial charge in [-0.05, 0) is 18.6 Å². The van der Waals surface area contributed by atoms with Gasteiger partial charge in [0.2, 0.25) is 0 Å². The third-order valence-electron chi connectivity index (χ3n) is 4.16. The van der Waals surface area contributed by atoms with Crippen LogP contribution in [0.15, 0.2) is 24.3 Å². The highest BCUT2D eigenvalue weighted by molar-refractivity contribution is 5.76. The lowest BCUT2D eigenvalue weighted by molar-refractivity contribution is -0.892. The number of benzene rings is 1. The predicted molar refractivity (Wildman–Crippen MR) is 88.7 cm³/mol. The number of rotatable bonds is 7. The highest BCUT2D eigenvalue weighted by atomic mass is 16.5. The molecule has 1 aromatic carbocycles. The summed E-state index contributed by atoms with van der Waals surface area (Å²) in [6.45, 7) is 7.41. The van der Waals surface area contributed by atoms with Gasteiger partial charge >= 0.3 is 0 Å². The highest BCUT2D eigenvalue weighted by Gasteiger charge is 2.23. The van der Waals surface area contributed by atoms with Crippen LogP contribution in [0.4, 0.5) is 5.69 Å². The second-order valence-corrected chi connectivity index (χ2v) is 5.79. The average Bonchev–Trinajstić information content (AvgIpc) is 2.56. The second-order valence-electron chi connectivity index (χ2n) is 5.79. The predicted octanol–water partition coefficient (Wildman–Crippen LogP) is 0.316. The van der Waals surface area contributed by atoms with Crippen molar-refractivity contribution in [1.29, 1.82) is 0 Å². The number of carbonyl (C=O) groups excluding carboxylic acids is 1. The van der Waals surface area contributed by atoms with Crippen molar-refractivity contribution in [3.8, 4) is 5.75 Å². The number of amides is 1. The fourth-order valence-electron chi connectivity index (χ4n) is 2.83. The van der Waals surface area contributed by atoms with Gasteiger partial charge in [0.15, 0.2) is 6.54 Å². The number of nitrogens with one attached hydrogen (secondary N) is 2. The second kappa shape index (κ2) is 8.63. The van der Waals surface area contributed by atoms with Crippen molar-refractivity contribution in [1.82, 2.24) is 5.32 Å². The topological polar surface area (TPSA) is 46.0 Å². The first-order valence-corrected chi connectivity index (χ1v) is 8.22. The Hall–Kier alpha value is -1.75. The monoisotopic (exact) mass is 306 g/mol. The van der Waals surface area contributed by atoms with E-state index in [1.54, 1.807) is 7.11 Å². The molecule has 0 saturated carbocycles. The maximum Gasteiger partial charge on any atom is 0.275 e. The van der Waals surface area contributed by atoms with Crippen molar-refractivity contribution in [2.45, 2.75) is 19.8 Å². The Morgan fingerprint density at radius 2 is 2.05 bits per heavy atom. The molecule has 22 heavy (non-hydrogen) atoms. The molecule has 122 valence electrons. The molecule has 0 spiro atoms. The van der Waals surface area contributed by atoms with Gasteiger partial charge in [0, 0.05) is 6.54 Å². The van der Waals surface area contributed by atoms with E-state index in [1.807, 2.05) is 18.2 Å². The Labute approximate surface area is 133 Å². The van der Waals surface area contributed by atoms with Crippen LogP contribution in [0.2, 0.25) is 0 Å². The molecule has 2 N–H and O–H groups in total. The normalized spacial score (nSPS) is 15.6. The van der Waals surface area contributed by atoms with E-state index in [-0.39, 0.29) is 5.91 Å². The maximum absolute atomic E-state index is 11.9. The number of ether oxygens (including phenoxy) is 1. The standard InChI is InChI=1S/C17H27N3O2/c1-3-4-9-18-17(21)14-19-10-12-20(13-11-19)15-7-5-6-8-16(15)22-2/h5-8H,3-4,9-14H2,1-2H3,(H,18,21)/p+1. The molecule has 1 aliphatic rings. The Kier molecular flexibility index (Phi) is 6.52. The summed E-state index contributed by atoms with van der Waals surface area (Å²) in [4.78, 5) is 15.6. The van der Waals surface area contributed by atoms with Crippen molar-refractivity contribution in [3.63, 3.8) is 0 Å². The Morgan fingerprint density at radius 3 is 2.73 bits per heavy atom. The van der Waals surface area contributed by atoms with E-state index in [2.05, 4.69) is 23.2 Å². The summed E-state index contributed by atoms with van der Waals surface area (Å²) in [5.41, 5.74) is 1.15. The zero-order valence-electron chi connectivity index (χ0n) is 13.7. The molecule has 1 amide bonds. The van der Waals surface area contributed by atoms with Gasteiger partial charge in [-0.15, -0.1) is 0 Å². The van der Waals surface area contributed by atoms with E-state index in [4.69, 9.17) is 4.74 Å². The summed E-state index contributed by atoms with van der Waals surface area (Å²) >= 11 is 0. The number of para-hydroxylation sites is 2. The van der Waals surface area contributed by atoms with Crippen LogP contribution < -0.4 is 19.9 Å². The molecule has 5 heteroatoms. The fourth-order valence-corrected chi connectivity index (χ4v) is 2.83. The van der Waals surface area contributed by atoms with Crippen LogP contribution in [-0.4, -0.2) is 52.3 Å². The molecule has 1 aliphatic heterocycles. The van der Waals surface area contributed by atoms with E-state index in [0.717, 1.165) is 57.0 Å². The minimum absolute atomic E-state index is 0.175. The molecule has 0 atom stereocenters. The fraction of sp³-hybridized carbons (Fsp3) is 0.588. The van der Waals surface area contributed by atoms with Crippen LogP contribution in [0.25, 0.3) is 0 Å². The summed E-state index contributed by atoms with van der Waals surface area (Å²) in [7, 11) is 1.71. The van der Waals surface area contributed by atoms with Gasteiger partial charge in [0.05, 0.1) is 39.0 Å². The lowest BCUT2D eigenvalue weighted by Gasteiger charge is -2.34. The van der Waals surface area contributed by atoms with E-state index in [9.17, 15) is 4.79 Å². The highest BCUT2D eigenvalue weighted by Crippen LogP contribution is 2.27. The summed E-state index contributed by atoms with van der Waals surface area (Å²) in [6, 6.07) is 8.12. The molecule has 0 bridgehead atoms. The van der Waals surface area contributed by atoms with Gasteiger partial charge in [0.1, 0.15) is 5.75 Å². The van der Waals surface area contributed by atoms with Gasteiger partial charge < -0.3 is 19.9 Å². The van der Waals surface area contributed by atoms with Crippen molar-refractivity contribution in [3.05, 3.63) is 24.3 Å². The summed E-state index contributed by atoms with van der Waals surface area (Å²) in [6.07, 6.45) is 2.17. The number of anilines is 1. The number of unbranched alkanes of at least 4 members (excludes halogenated alkanes) is 1. The minimum atomic E-state index is 0.175. The number of hydrogen-bond donors (Lipinski definition) is 2. The van der Waals surface area contributed by atoms with Crippen molar-refractivity contribution in [2.24, 2.45) is 0 Å². The van der Waals surface area contributed by atoms with Crippen molar-refractivity contribution < 1.29 is 14.4 Å². The Morgan fingerprint density at radius 1 is 1.32 bits per heavy atom. The van der Waals surface area contributed by atoms with Crippen LogP contribution in [0.5, 0.6) is 5.75 Å². The van der Waals surface area contributed by atoms with E-state index < -0.39 is 0 Å². The summed E-state index contributed by atoms with van der Waals surface area (Å²) in [5, 5.41) is 3.00. The first kappa shape index (κ1) is 16.6. The number of quaternary nitrogens is 1. The third kappa shape index (κ3) is 4.63. The number of methoxy groups -OCH3 is 1. The first-order chi connectivity index (χ1) is 10.7. The van der Waals surface area contributed by atoms with Gasteiger partial charge in [-0.1, -0.05) is 25.5 Å². The molecule has 0 unspecified atom stereocenters. The molecular formula is C17H28N3O2+. The molecular weight excluding hydrogens is 278 g/mol. The Balaban J connectivity index is 1.79. The van der Waals surface area contributed by atoms with E-state index in [0.29, 0.717) is 6.54 Å². The lowest BCUT2D eigenvalue weighted by atomic mass is 10.2. The minimum Gasteiger partial charge on any atom is -0.495 e. The summed E-state index contributed by atoms with van der Waals surface area (Å²) in [5.74, 6) is 1.09. The van der Waals surface area contributed by atoms with E-state index in [1.165, 1.54) is 4.90 Å². The largest absolute Gasteiger partial charge is 0.495 e. The quantitative estimate of drug-likeness (QED) is 0.713. The van der Waals surface area contributed by atoms with E-state index >= 15 is 0 Å². The zero-order valence-corrected chi connectivity index (χ0v) is 13.7. The van der Waals surface area contributed by atoms with Crippen molar-refractivity contribution >= 4 is 11.6 Å². The van der Waals surface area contributed by atoms with Gasteiger partial charge in [-0.3, -0.25) is 4.79 Å². The molecule has 1 heterocycles. The molecule has 1 aromatic rings. The smallest absolute Gasteiger partial charge is 0.275 e. The molecule has 5 nitrogen and oxygen atoms in total. The lowest BCUT2D eigenvalue weighted by Crippen LogP contribution is -3.15. The van der Waals surface area contributed by atoms with Gasteiger partial charge in [-0.25, -0.2) is 0 Å². The first-order valence-electron chi connectivity index (χ1n) is 8.22. The van der Waals surface area contributed by atoms with Crippen LogP contribution in [0.1, 0.15) is 19.8 Å². The number of nitrogens with zero attached hydrogens (tertiary/aromatic N) is 1. The number of carbonyl (C=O) groups is 1. The van der Waals surface area contributed by atoms with Crippen LogP contribution in [-0.2, 0) is 4.79 Å². The third-order valence-corrected chi connectivity index (χ3v) is 4.16. The number of hydrogen-bond acceptors (Lipinski definition) is 3. The SMILES string of the molecule is CCCCNC(=O)C[NH+]1CCN(c2ccccc2OC)CC1. The zero-order chi connectivity index (χ0) is 15.8. The average molecular weight is 306 g/mol. The van der Waals surface area contributed by atoms with Gasteiger partial charge in [0.25, 0.3) is 5.91 Å². The molecule has 2 rings (SSSR count). The van der Waals surface area contributed by atoms with Crippen LogP contribution >= 0.6 is 0 Å². The molecule has 1 fully saturated rings. The molecule has 0 aromatic heterocycles. The molecule has 0 radical (unpaired) electrons. The number of piperazine rings is 1. The molecule has 1 saturated heterocycles. The maximum atomic E-state index is 11.9. The van der Waals surface area contributed by atoms with Crippen molar-refractivity contribution in [2.75, 3.05) is 51.3 Å². The summed E-state index contributed by atoms with van der Waals surface area (Å²) < 4.78 is 5.43.